The molecule has 1 saturated heterocycles. The van der Waals surface area contributed by atoms with Crippen LogP contribution in [0.5, 0.6) is 0 Å². The Morgan fingerprint density at radius 1 is 1.24 bits per heavy atom. The largest absolute Gasteiger partial charge is 0.399 e. The lowest BCUT2D eigenvalue weighted by atomic mass is 9.85. The maximum Gasteiger partial charge on any atom is 0.256 e. The van der Waals surface area contributed by atoms with E-state index < -0.39 is 0 Å². The van der Waals surface area contributed by atoms with Gasteiger partial charge in [0.2, 0.25) is 0 Å². The molecule has 4 nitrogen and oxygen atoms in total. The molecule has 0 aromatic heterocycles. The first-order valence-corrected chi connectivity index (χ1v) is 7.95. The van der Waals surface area contributed by atoms with E-state index in [0.717, 1.165) is 30.6 Å². The molecule has 1 aromatic carbocycles. The molecule has 3 rings (SSSR count). The summed E-state index contributed by atoms with van der Waals surface area (Å²) in [5.41, 5.74) is 8.26. The topological polar surface area (TPSA) is 49.6 Å². The quantitative estimate of drug-likeness (QED) is 0.851. The number of nitrogens with two attached hydrogens (primary N) is 1. The third-order valence-corrected chi connectivity index (χ3v) is 5.00. The number of rotatable bonds is 2. The summed E-state index contributed by atoms with van der Waals surface area (Å²) in [5, 5.41) is 0. The van der Waals surface area contributed by atoms with Crippen molar-refractivity contribution in [3.05, 3.63) is 23.8 Å². The van der Waals surface area contributed by atoms with Gasteiger partial charge in [0, 0.05) is 38.1 Å². The van der Waals surface area contributed by atoms with Crippen molar-refractivity contribution in [1.29, 1.82) is 0 Å². The molecule has 1 saturated carbocycles. The number of carbonyl (C=O) groups is 1. The van der Waals surface area contributed by atoms with E-state index in [4.69, 9.17) is 5.73 Å². The summed E-state index contributed by atoms with van der Waals surface area (Å²) < 4.78 is 0. The zero-order valence-corrected chi connectivity index (χ0v) is 13.0. The highest BCUT2D eigenvalue weighted by atomic mass is 16.2. The molecule has 0 bridgehead atoms. The molecular weight excluding hydrogens is 262 g/mol. The van der Waals surface area contributed by atoms with Gasteiger partial charge in [-0.2, -0.15) is 0 Å². The van der Waals surface area contributed by atoms with E-state index in [0.29, 0.717) is 17.6 Å². The van der Waals surface area contributed by atoms with Gasteiger partial charge in [-0.3, -0.25) is 4.79 Å². The minimum absolute atomic E-state index is 0.153. The summed E-state index contributed by atoms with van der Waals surface area (Å²) in [6, 6.07) is 6.08. The predicted molar refractivity (Wildman–Crippen MR) is 86.6 cm³/mol. The van der Waals surface area contributed by atoms with E-state index in [1.54, 1.807) is 0 Å². The van der Waals surface area contributed by atoms with Crippen molar-refractivity contribution in [2.75, 3.05) is 31.3 Å². The Hall–Kier alpha value is -1.71. The normalized spacial score (nSPS) is 24.8. The number of hydrogen-bond donors (Lipinski definition) is 1. The van der Waals surface area contributed by atoms with Crippen LogP contribution in [0.3, 0.4) is 0 Å². The number of hydrogen-bond acceptors (Lipinski definition) is 3. The Bertz CT molecular complexity index is 541. The smallest absolute Gasteiger partial charge is 0.256 e. The van der Waals surface area contributed by atoms with Gasteiger partial charge in [-0.25, -0.2) is 0 Å². The van der Waals surface area contributed by atoms with E-state index in [9.17, 15) is 4.79 Å². The fourth-order valence-corrected chi connectivity index (χ4v) is 3.93. The fraction of sp³-hybridized carbons (Fsp3) is 0.588. The first-order chi connectivity index (χ1) is 10.1. The van der Waals surface area contributed by atoms with Gasteiger partial charge >= 0.3 is 0 Å². The maximum absolute atomic E-state index is 13.0. The van der Waals surface area contributed by atoms with Crippen molar-refractivity contribution in [3.8, 4) is 0 Å². The van der Waals surface area contributed by atoms with Crippen molar-refractivity contribution in [3.63, 3.8) is 0 Å². The first-order valence-electron chi connectivity index (χ1n) is 7.95. The second-order valence-electron chi connectivity index (χ2n) is 6.57. The number of amides is 1. The summed E-state index contributed by atoms with van der Waals surface area (Å²) >= 11 is 0. The molecule has 4 heteroatoms. The van der Waals surface area contributed by atoms with Crippen LogP contribution in [-0.4, -0.2) is 37.5 Å². The van der Waals surface area contributed by atoms with E-state index >= 15 is 0 Å². The van der Waals surface area contributed by atoms with Crippen LogP contribution in [0.1, 0.15) is 42.5 Å². The summed E-state index contributed by atoms with van der Waals surface area (Å²) in [7, 11) is 3.94. The number of fused-ring (bicyclic) bond motifs is 1. The molecular formula is C17H25N3O. The molecule has 114 valence electrons. The van der Waals surface area contributed by atoms with Crippen molar-refractivity contribution >= 4 is 17.3 Å². The molecule has 0 spiro atoms. The minimum atomic E-state index is 0.153. The van der Waals surface area contributed by atoms with Gasteiger partial charge < -0.3 is 15.5 Å². The highest BCUT2D eigenvalue weighted by Gasteiger charge is 2.38. The van der Waals surface area contributed by atoms with Gasteiger partial charge in [0.15, 0.2) is 0 Å². The highest BCUT2D eigenvalue weighted by molar-refractivity contribution is 6.01. The maximum atomic E-state index is 13.0. The number of anilines is 2. The zero-order valence-electron chi connectivity index (χ0n) is 13.0. The molecule has 1 amide bonds. The average molecular weight is 287 g/mol. The minimum Gasteiger partial charge on any atom is -0.399 e. The Kier molecular flexibility index (Phi) is 3.79. The van der Waals surface area contributed by atoms with Crippen molar-refractivity contribution in [2.45, 2.75) is 38.1 Å². The third kappa shape index (κ3) is 2.59. The molecule has 2 aliphatic rings. The van der Waals surface area contributed by atoms with E-state index in [-0.39, 0.29) is 5.91 Å². The molecule has 1 aromatic rings. The van der Waals surface area contributed by atoms with Gasteiger partial charge in [0.05, 0.1) is 5.56 Å². The SMILES string of the molecule is CN(C)c1ccc(N)cc1C(=O)N1CCC2CCCCC21. The van der Waals surface area contributed by atoms with Crippen LogP contribution in [0.15, 0.2) is 18.2 Å². The molecule has 2 fully saturated rings. The van der Waals surface area contributed by atoms with Gasteiger partial charge in [-0.05, 0) is 43.4 Å². The number of nitrogen functional groups attached to an aromatic ring is 1. The zero-order chi connectivity index (χ0) is 15.0. The highest BCUT2D eigenvalue weighted by Crippen LogP contribution is 2.37. The van der Waals surface area contributed by atoms with Crippen molar-refractivity contribution < 1.29 is 4.79 Å². The van der Waals surface area contributed by atoms with Crippen LogP contribution in [-0.2, 0) is 0 Å². The molecule has 1 aliphatic carbocycles. The van der Waals surface area contributed by atoms with Gasteiger partial charge in [-0.1, -0.05) is 12.8 Å². The molecule has 2 unspecified atom stereocenters. The fourth-order valence-electron chi connectivity index (χ4n) is 3.93. The van der Waals surface area contributed by atoms with Crippen LogP contribution in [0.4, 0.5) is 11.4 Å². The predicted octanol–water partition coefficient (Wildman–Crippen LogP) is 2.74. The van der Waals surface area contributed by atoms with E-state index in [1.165, 1.54) is 19.3 Å². The lowest BCUT2D eigenvalue weighted by Gasteiger charge is -2.32. The summed E-state index contributed by atoms with van der Waals surface area (Å²) in [6.07, 6.45) is 6.19. The van der Waals surface area contributed by atoms with Crippen LogP contribution < -0.4 is 10.6 Å². The van der Waals surface area contributed by atoms with Crippen LogP contribution >= 0.6 is 0 Å². The summed E-state index contributed by atoms with van der Waals surface area (Å²) in [5.74, 6) is 0.868. The number of likely N-dealkylation sites (tertiary alicyclic amines) is 1. The van der Waals surface area contributed by atoms with Crippen molar-refractivity contribution in [2.24, 2.45) is 5.92 Å². The van der Waals surface area contributed by atoms with E-state index in [2.05, 4.69) is 4.90 Å². The monoisotopic (exact) mass is 287 g/mol. The summed E-state index contributed by atoms with van der Waals surface area (Å²) in [6.45, 7) is 0.899. The Morgan fingerprint density at radius 3 is 2.76 bits per heavy atom. The molecule has 0 radical (unpaired) electrons. The summed E-state index contributed by atoms with van der Waals surface area (Å²) in [4.78, 5) is 17.1. The molecule has 2 N–H and O–H groups in total. The Morgan fingerprint density at radius 2 is 2.00 bits per heavy atom. The average Bonchev–Trinajstić information content (AvgIpc) is 2.90. The molecule has 1 heterocycles. The number of nitrogens with zero attached hydrogens (tertiary/aromatic N) is 2. The number of benzene rings is 1. The van der Waals surface area contributed by atoms with Crippen molar-refractivity contribution in [1.82, 2.24) is 4.90 Å². The second kappa shape index (κ2) is 5.58. The second-order valence-corrected chi connectivity index (χ2v) is 6.57. The van der Waals surface area contributed by atoms with Gasteiger partial charge in [0.1, 0.15) is 0 Å². The van der Waals surface area contributed by atoms with Crippen LogP contribution in [0.2, 0.25) is 0 Å². The molecule has 1 aliphatic heterocycles. The first kappa shape index (κ1) is 14.2. The Labute approximate surface area is 126 Å². The lowest BCUT2D eigenvalue weighted by Crippen LogP contribution is -2.39. The van der Waals surface area contributed by atoms with E-state index in [1.807, 2.05) is 37.2 Å². The molecule has 21 heavy (non-hydrogen) atoms. The Balaban J connectivity index is 1.90. The third-order valence-electron chi connectivity index (χ3n) is 5.00. The molecule has 2 atom stereocenters. The van der Waals surface area contributed by atoms with Gasteiger partial charge in [-0.15, -0.1) is 0 Å². The standard InChI is InChI=1S/C17H25N3O/c1-19(2)16-8-7-13(18)11-14(16)17(21)20-10-9-12-5-3-4-6-15(12)20/h7-8,11-12,15H,3-6,9-10,18H2,1-2H3. The van der Waals surface area contributed by atoms with Crippen LogP contribution in [0, 0.1) is 5.92 Å². The van der Waals surface area contributed by atoms with Crippen LogP contribution in [0.25, 0.3) is 0 Å². The lowest BCUT2D eigenvalue weighted by molar-refractivity contribution is 0.0691. The number of carbonyl (C=O) groups excluding carboxylic acids is 1. The van der Waals surface area contributed by atoms with Gasteiger partial charge in [0.25, 0.3) is 5.91 Å².